The van der Waals surface area contributed by atoms with Crippen molar-refractivity contribution in [2.75, 3.05) is 19.7 Å². The number of hydrogen-bond donors (Lipinski definition) is 2. The Morgan fingerprint density at radius 1 is 1.23 bits per heavy atom. The summed E-state index contributed by atoms with van der Waals surface area (Å²) in [6.07, 6.45) is 6.11. The molecule has 1 aromatic rings. The lowest BCUT2D eigenvalue weighted by Gasteiger charge is -2.53. The molecule has 3 aliphatic rings. The number of rotatable bonds is 8. The van der Waals surface area contributed by atoms with Gasteiger partial charge in [0.15, 0.2) is 0 Å². The van der Waals surface area contributed by atoms with Crippen LogP contribution >= 0.6 is 0 Å². The molecule has 5 nitrogen and oxygen atoms in total. The number of ether oxygens (including phenoxy) is 1. The lowest BCUT2D eigenvalue weighted by atomic mass is 9.51. The molecule has 3 fully saturated rings. The van der Waals surface area contributed by atoms with Crippen LogP contribution in [-0.2, 0) is 10.2 Å². The summed E-state index contributed by atoms with van der Waals surface area (Å²) in [5, 5.41) is 12.2. The third-order valence-corrected chi connectivity index (χ3v) is 7.03. The van der Waals surface area contributed by atoms with Crippen LogP contribution in [0.1, 0.15) is 57.9 Å². The van der Waals surface area contributed by atoms with Crippen LogP contribution in [0.15, 0.2) is 36.2 Å². The molecule has 6 heteroatoms. The summed E-state index contributed by atoms with van der Waals surface area (Å²) in [7, 11) is 0. The number of fused-ring (bicyclic) bond motifs is 3. The van der Waals surface area contributed by atoms with Crippen LogP contribution in [0.3, 0.4) is 0 Å². The van der Waals surface area contributed by atoms with Crippen molar-refractivity contribution in [1.29, 1.82) is 5.26 Å². The molecule has 0 aliphatic heterocycles. The summed E-state index contributed by atoms with van der Waals surface area (Å²) in [5.41, 5.74) is 6.45. The van der Waals surface area contributed by atoms with E-state index in [1.807, 2.05) is 26.0 Å². The second kappa shape index (κ2) is 8.77. The first-order valence-corrected chi connectivity index (χ1v) is 10.7. The van der Waals surface area contributed by atoms with Crippen molar-refractivity contribution in [3.63, 3.8) is 0 Å². The van der Waals surface area contributed by atoms with Crippen molar-refractivity contribution in [3.8, 4) is 11.8 Å². The van der Waals surface area contributed by atoms with Crippen LogP contribution < -0.4 is 15.8 Å². The number of nitrogens with two attached hydrogens (primary N) is 1. The Balaban J connectivity index is 1.61. The highest BCUT2D eigenvalue weighted by Gasteiger charge is 2.52. The molecule has 1 amide bonds. The molecule has 3 saturated carbocycles. The van der Waals surface area contributed by atoms with Gasteiger partial charge in [0, 0.05) is 24.1 Å². The Hall–Kier alpha value is -2.39. The monoisotopic (exact) mass is 413 g/mol. The zero-order valence-corrected chi connectivity index (χ0v) is 18.0. The van der Waals surface area contributed by atoms with Crippen molar-refractivity contribution < 1.29 is 13.9 Å². The predicted octanol–water partition coefficient (Wildman–Crippen LogP) is 4.14. The summed E-state index contributed by atoms with van der Waals surface area (Å²) < 4.78 is 18.2. The largest absolute Gasteiger partial charge is 0.489 e. The summed E-state index contributed by atoms with van der Waals surface area (Å²) in [5.74, 6) is 0.808. The Kier molecular flexibility index (Phi) is 6.52. The maximum absolute atomic E-state index is 12.9. The highest BCUT2D eigenvalue weighted by molar-refractivity contribution is 5.83. The smallest absolute Gasteiger partial charge is 0.226 e. The van der Waals surface area contributed by atoms with E-state index in [2.05, 4.69) is 23.5 Å². The van der Waals surface area contributed by atoms with E-state index in [1.165, 1.54) is 5.56 Å². The lowest BCUT2D eigenvalue weighted by molar-refractivity contribution is -0.138. The van der Waals surface area contributed by atoms with Crippen LogP contribution in [0.25, 0.3) is 0 Å². The van der Waals surface area contributed by atoms with Crippen LogP contribution in [0, 0.1) is 22.2 Å². The van der Waals surface area contributed by atoms with Gasteiger partial charge in [0.1, 0.15) is 12.4 Å². The molecule has 0 atom stereocenters. The number of benzene rings is 1. The van der Waals surface area contributed by atoms with E-state index >= 15 is 0 Å². The number of carbonyl (C=O) groups excluding carboxylic acids is 1. The molecule has 1 aromatic carbocycles. The number of nitrogens with one attached hydrogen (secondary N) is 1. The fraction of sp³-hybridized carbons (Fsp3) is 0.583. The highest BCUT2D eigenvalue weighted by Crippen LogP contribution is 2.57. The van der Waals surface area contributed by atoms with Crippen molar-refractivity contribution >= 4 is 5.91 Å². The Morgan fingerprint density at radius 3 is 2.33 bits per heavy atom. The SMILES string of the molecule is CC(C)(C#N)CNC(=O)C12CCC(c3ccc(OCC(=CF)CN)cc3)(CC1)CC2. The van der Waals surface area contributed by atoms with Gasteiger partial charge in [0.05, 0.1) is 17.8 Å². The van der Waals surface area contributed by atoms with Crippen LogP contribution in [0.2, 0.25) is 0 Å². The van der Waals surface area contributed by atoms with Gasteiger partial charge in [-0.25, -0.2) is 4.39 Å². The van der Waals surface area contributed by atoms with Crippen molar-refractivity contribution in [1.82, 2.24) is 5.32 Å². The standard InChI is InChI=1S/C24H32FN3O2/c1-22(2,16-27)17-28-21(29)24-10-7-23(8-11-24,9-12-24)19-3-5-20(6-4-19)30-15-18(13-25)14-26/h3-6,13H,7-12,14-15,17,26H2,1-2H3,(H,28,29). The van der Waals surface area contributed by atoms with E-state index in [9.17, 15) is 14.4 Å². The first-order valence-electron chi connectivity index (χ1n) is 10.7. The molecule has 4 rings (SSSR count). The number of amides is 1. The van der Waals surface area contributed by atoms with Crippen molar-refractivity contribution in [2.45, 2.75) is 57.8 Å². The fourth-order valence-corrected chi connectivity index (χ4v) is 4.70. The normalized spacial score (nSPS) is 26.2. The molecular formula is C24H32FN3O2. The number of carbonyl (C=O) groups is 1. The van der Waals surface area contributed by atoms with Gasteiger partial charge in [-0.1, -0.05) is 12.1 Å². The van der Waals surface area contributed by atoms with Gasteiger partial charge >= 0.3 is 0 Å². The van der Waals surface area contributed by atoms with Gasteiger partial charge in [-0.15, -0.1) is 0 Å². The lowest BCUT2D eigenvalue weighted by Crippen LogP contribution is -2.52. The van der Waals surface area contributed by atoms with Gasteiger partial charge in [-0.3, -0.25) is 4.79 Å². The average Bonchev–Trinajstić information content (AvgIpc) is 2.79. The van der Waals surface area contributed by atoms with Gasteiger partial charge in [0.25, 0.3) is 0 Å². The first kappa shape index (κ1) is 22.3. The first-order chi connectivity index (χ1) is 14.3. The van der Waals surface area contributed by atoms with Crippen molar-refractivity contribution in [3.05, 3.63) is 41.7 Å². The molecule has 30 heavy (non-hydrogen) atoms. The maximum Gasteiger partial charge on any atom is 0.226 e. The maximum atomic E-state index is 12.9. The minimum Gasteiger partial charge on any atom is -0.489 e. The van der Waals surface area contributed by atoms with Gasteiger partial charge in [0.2, 0.25) is 5.91 Å². The van der Waals surface area contributed by atoms with E-state index in [-0.39, 0.29) is 29.9 Å². The van der Waals surface area contributed by atoms with Crippen molar-refractivity contribution in [2.24, 2.45) is 16.6 Å². The fourth-order valence-electron chi connectivity index (χ4n) is 4.70. The van der Waals surface area contributed by atoms with Crippen LogP contribution in [0.5, 0.6) is 5.75 Å². The topological polar surface area (TPSA) is 88.1 Å². The molecule has 0 aromatic heterocycles. The van der Waals surface area contributed by atoms with Gasteiger partial charge in [-0.05, 0) is 75.5 Å². The minimum atomic E-state index is -0.548. The number of nitrogens with zero attached hydrogens (tertiary/aromatic N) is 1. The molecule has 2 bridgehead atoms. The second-order valence-corrected chi connectivity index (χ2v) is 9.52. The van der Waals surface area contributed by atoms with E-state index in [1.54, 1.807) is 0 Å². The van der Waals surface area contributed by atoms with Crippen LogP contribution in [0.4, 0.5) is 4.39 Å². The number of nitriles is 1. The third-order valence-electron chi connectivity index (χ3n) is 7.03. The molecule has 0 saturated heterocycles. The Bertz CT molecular complexity index is 814. The summed E-state index contributed by atoms with van der Waals surface area (Å²) in [6.45, 7) is 4.37. The van der Waals surface area contributed by atoms with E-state index in [4.69, 9.17) is 10.5 Å². The Labute approximate surface area is 178 Å². The van der Waals surface area contributed by atoms with E-state index in [0.29, 0.717) is 24.2 Å². The molecule has 0 heterocycles. The summed E-state index contributed by atoms with van der Waals surface area (Å²) in [4.78, 5) is 12.9. The molecule has 0 spiro atoms. The van der Waals surface area contributed by atoms with Gasteiger partial charge in [-0.2, -0.15) is 5.26 Å². The third kappa shape index (κ3) is 4.52. The number of hydrogen-bond acceptors (Lipinski definition) is 4. The predicted molar refractivity (Wildman–Crippen MR) is 114 cm³/mol. The molecule has 3 aliphatic carbocycles. The summed E-state index contributed by atoms with van der Waals surface area (Å²) in [6, 6.07) is 10.3. The van der Waals surface area contributed by atoms with E-state index in [0.717, 1.165) is 38.5 Å². The average molecular weight is 414 g/mol. The minimum absolute atomic E-state index is 0.111. The van der Waals surface area contributed by atoms with E-state index < -0.39 is 5.41 Å². The highest BCUT2D eigenvalue weighted by atomic mass is 19.1. The zero-order chi connectivity index (χ0) is 21.8. The molecular weight excluding hydrogens is 381 g/mol. The molecule has 162 valence electrons. The molecule has 0 unspecified atom stereocenters. The summed E-state index contributed by atoms with van der Waals surface area (Å²) >= 11 is 0. The zero-order valence-electron chi connectivity index (χ0n) is 18.0. The number of halogens is 1. The Morgan fingerprint density at radius 2 is 1.83 bits per heavy atom. The molecule has 0 radical (unpaired) electrons. The van der Waals surface area contributed by atoms with Crippen LogP contribution in [-0.4, -0.2) is 25.6 Å². The molecule has 3 N–H and O–H groups in total. The second-order valence-electron chi connectivity index (χ2n) is 9.52. The quantitative estimate of drug-likeness (QED) is 0.671. The van der Waals surface area contributed by atoms with Gasteiger partial charge < -0.3 is 15.8 Å².